The average Bonchev–Trinajstić information content (AvgIpc) is 2.70. The van der Waals surface area contributed by atoms with Crippen LogP contribution in [-0.4, -0.2) is 56.6 Å². The first kappa shape index (κ1) is 18.3. The minimum atomic E-state index is -0.365. The molecule has 0 aromatic heterocycles. The third-order valence-corrected chi connectivity index (χ3v) is 5.07. The first-order chi connectivity index (χ1) is 12.7. The highest BCUT2D eigenvalue weighted by Gasteiger charge is 2.18. The Kier molecular flexibility index (Phi) is 6.12. The van der Waals surface area contributed by atoms with E-state index in [1.54, 1.807) is 6.07 Å². The number of hydrogen-bond donors (Lipinski definition) is 1. The Balaban J connectivity index is 1.55. The molecule has 0 spiro atoms. The zero-order valence-electron chi connectivity index (χ0n) is 15.5. The Morgan fingerprint density at radius 1 is 1.00 bits per heavy atom. The number of hydrogen-bond acceptors (Lipinski definition) is 4. The number of benzene rings is 2. The number of rotatable bonds is 7. The first-order valence-corrected chi connectivity index (χ1v) is 9.35. The fraction of sp³-hybridized carbons (Fsp3) is 0.381. The molecule has 1 fully saturated rings. The number of nitrogens with zero attached hydrogens (tertiary/aromatic N) is 3. The van der Waals surface area contributed by atoms with Crippen molar-refractivity contribution in [3.8, 4) is 0 Å². The fourth-order valence-electron chi connectivity index (χ4n) is 3.54. The van der Waals surface area contributed by atoms with Crippen molar-refractivity contribution in [1.29, 1.82) is 0 Å². The van der Waals surface area contributed by atoms with Crippen LogP contribution in [0.3, 0.4) is 0 Å². The second kappa shape index (κ2) is 8.72. The van der Waals surface area contributed by atoms with Crippen molar-refractivity contribution in [2.75, 3.05) is 55.6 Å². The number of carbonyl (C=O) groups excluding carboxylic acids is 1. The van der Waals surface area contributed by atoms with E-state index < -0.39 is 0 Å². The van der Waals surface area contributed by atoms with Crippen molar-refractivity contribution in [1.82, 2.24) is 4.90 Å². The van der Waals surface area contributed by atoms with E-state index in [-0.39, 0.29) is 5.91 Å². The minimum Gasteiger partial charge on any atom is -0.370 e. The van der Waals surface area contributed by atoms with Crippen LogP contribution in [-0.2, 0) is 0 Å². The largest absolute Gasteiger partial charge is 0.370 e. The summed E-state index contributed by atoms with van der Waals surface area (Å²) >= 11 is 0. The normalized spacial score (nSPS) is 15.0. The standard InChI is InChI=1S/C21H28N4O/c1-2-24(20-11-7-6-10-19(20)21(22)26)15-12-23-13-16-25(17-14-23)18-8-4-3-5-9-18/h3-11H,2,12-17H2,1H3,(H2,22,26). The SMILES string of the molecule is CCN(CCN1CCN(c2ccccc2)CC1)c1ccccc1C(N)=O. The van der Waals surface area contributed by atoms with Crippen LogP contribution in [0.25, 0.3) is 0 Å². The summed E-state index contributed by atoms with van der Waals surface area (Å²) in [7, 11) is 0. The predicted molar refractivity (Wildman–Crippen MR) is 108 cm³/mol. The fourth-order valence-corrected chi connectivity index (χ4v) is 3.54. The Hall–Kier alpha value is -2.53. The number of anilines is 2. The van der Waals surface area contributed by atoms with Crippen molar-refractivity contribution in [2.24, 2.45) is 5.73 Å². The lowest BCUT2D eigenvalue weighted by Gasteiger charge is -2.37. The third-order valence-electron chi connectivity index (χ3n) is 5.07. The molecule has 1 aliphatic heterocycles. The second-order valence-corrected chi connectivity index (χ2v) is 6.63. The topological polar surface area (TPSA) is 52.8 Å². The van der Waals surface area contributed by atoms with Crippen LogP contribution < -0.4 is 15.5 Å². The van der Waals surface area contributed by atoms with Gasteiger partial charge in [0, 0.05) is 57.2 Å². The molecule has 1 heterocycles. The summed E-state index contributed by atoms with van der Waals surface area (Å²) in [6.07, 6.45) is 0. The van der Waals surface area contributed by atoms with Crippen molar-refractivity contribution in [2.45, 2.75) is 6.92 Å². The summed E-state index contributed by atoms with van der Waals surface area (Å²) in [6, 6.07) is 18.2. The van der Waals surface area contributed by atoms with Gasteiger partial charge in [0.2, 0.25) is 0 Å². The minimum absolute atomic E-state index is 0.365. The monoisotopic (exact) mass is 352 g/mol. The molecular formula is C21H28N4O. The van der Waals surface area contributed by atoms with Crippen molar-refractivity contribution < 1.29 is 4.79 Å². The van der Waals surface area contributed by atoms with E-state index >= 15 is 0 Å². The Labute approximate surface area is 156 Å². The highest BCUT2D eigenvalue weighted by atomic mass is 16.1. The van der Waals surface area contributed by atoms with E-state index in [1.165, 1.54) is 5.69 Å². The molecule has 0 saturated carbocycles. The van der Waals surface area contributed by atoms with Crippen LogP contribution in [0.5, 0.6) is 0 Å². The Morgan fingerprint density at radius 3 is 2.31 bits per heavy atom. The predicted octanol–water partition coefficient (Wildman–Crippen LogP) is 2.43. The van der Waals surface area contributed by atoms with E-state index in [9.17, 15) is 4.79 Å². The molecule has 1 aliphatic rings. The van der Waals surface area contributed by atoms with Gasteiger partial charge in [-0.15, -0.1) is 0 Å². The van der Waals surface area contributed by atoms with Crippen LogP contribution in [0, 0.1) is 0 Å². The molecule has 5 heteroatoms. The number of amides is 1. The van der Waals surface area contributed by atoms with E-state index in [1.807, 2.05) is 18.2 Å². The maximum Gasteiger partial charge on any atom is 0.250 e. The van der Waals surface area contributed by atoms with Gasteiger partial charge in [-0.2, -0.15) is 0 Å². The lowest BCUT2D eigenvalue weighted by Crippen LogP contribution is -2.48. The molecule has 2 aromatic carbocycles. The Morgan fingerprint density at radius 2 is 1.65 bits per heavy atom. The number of carbonyl (C=O) groups is 1. The smallest absolute Gasteiger partial charge is 0.250 e. The van der Waals surface area contributed by atoms with Gasteiger partial charge in [-0.05, 0) is 31.2 Å². The molecule has 1 saturated heterocycles. The molecule has 5 nitrogen and oxygen atoms in total. The molecule has 0 atom stereocenters. The lowest BCUT2D eigenvalue weighted by molar-refractivity contribution is 0.100. The second-order valence-electron chi connectivity index (χ2n) is 6.63. The molecule has 26 heavy (non-hydrogen) atoms. The number of primary amides is 1. The third kappa shape index (κ3) is 4.35. The lowest BCUT2D eigenvalue weighted by atomic mass is 10.1. The van der Waals surface area contributed by atoms with Crippen LogP contribution in [0.1, 0.15) is 17.3 Å². The molecule has 0 radical (unpaired) electrons. The summed E-state index contributed by atoms with van der Waals surface area (Å²) in [5.74, 6) is -0.365. The van der Waals surface area contributed by atoms with Crippen molar-refractivity contribution in [3.63, 3.8) is 0 Å². The highest BCUT2D eigenvalue weighted by molar-refractivity contribution is 5.98. The van der Waals surface area contributed by atoms with E-state index in [2.05, 4.69) is 52.0 Å². The van der Waals surface area contributed by atoms with Crippen LogP contribution in [0.4, 0.5) is 11.4 Å². The van der Waals surface area contributed by atoms with Crippen molar-refractivity contribution in [3.05, 3.63) is 60.2 Å². The zero-order chi connectivity index (χ0) is 18.4. The number of piperazine rings is 1. The first-order valence-electron chi connectivity index (χ1n) is 9.35. The van der Waals surface area contributed by atoms with Crippen LogP contribution in [0.2, 0.25) is 0 Å². The van der Waals surface area contributed by atoms with Gasteiger partial charge in [-0.25, -0.2) is 0 Å². The summed E-state index contributed by atoms with van der Waals surface area (Å²) in [5, 5.41) is 0. The molecule has 1 amide bonds. The molecular weight excluding hydrogens is 324 g/mol. The number of likely N-dealkylation sites (N-methyl/N-ethyl adjacent to an activating group) is 1. The molecule has 0 unspecified atom stereocenters. The number of para-hydroxylation sites is 2. The molecule has 3 rings (SSSR count). The van der Waals surface area contributed by atoms with Gasteiger partial charge in [0.05, 0.1) is 5.56 Å². The van der Waals surface area contributed by atoms with Gasteiger partial charge < -0.3 is 15.5 Å². The van der Waals surface area contributed by atoms with Gasteiger partial charge in [0.1, 0.15) is 0 Å². The van der Waals surface area contributed by atoms with Gasteiger partial charge in [-0.1, -0.05) is 30.3 Å². The highest BCUT2D eigenvalue weighted by Crippen LogP contribution is 2.20. The molecule has 138 valence electrons. The molecule has 0 aliphatic carbocycles. The average molecular weight is 352 g/mol. The molecule has 2 N–H and O–H groups in total. The summed E-state index contributed by atoms with van der Waals surface area (Å²) in [4.78, 5) is 18.9. The van der Waals surface area contributed by atoms with Gasteiger partial charge in [0.15, 0.2) is 0 Å². The van der Waals surface area contributed by atoms with E-state index in [0.717, 1.165) is 51.5 Å². The van der Waals surface area contributed by atoms with Crippen LogP contribution in [0.15, 0.2) is 54.6 Å². The zero-order valence-corrected chi connectivity index (χ0v) is 15.5. The van der Waals surface area contributed by atoms with Gasteiger partial charge in [-0.3, -0.25) is 9.69 Å². The van der Waals surface area contributed by atoms with Crippen LogP contribution >= 0.6 is 0 Å². The van der Waals surface area contributed by atoms with E-state index in [4.69, 9.17) is 5.73 Å². The maximum absolute atomic E-state index is 11.7. The molecule has 2 aromatic rings. The van der Waals surface area contributed by atoms with E-state index in [0.29, 0.717) is 5.56 Å². The summed E-state index contributed by atoms with van der Waals surface area (Å²) in [6.45, 7) is 9.07. The Bertz CT molecular complexity index is 711. The quantitative estimate of drug-likeness (QED) is 0.832. The van der Waals surface area contributed by atoms with Gasteiger partial charge >= 0.3 is 0 Å². The van der Waals surface area contributed by atoms with Crippen molar-refractivity contribution >= 4 is 17.3 Å². The summed E-state index contributed by atoms with van der Waals surface area (Å²) in [5.41, 5.74) is 8.37. The molecule has 0 bridgehead atoms. The summed E-state index contributed by atoms with van der Waals surface area (Å²) < 4.78 is 0. The maximum atomic E-state index is 11.7. The van der Waals surface area contributed by atoms with Gasteiger partial charge in [0.25, 0.3) is 5.91 Å². The number of nitrogens with two attached hydrogens (primary N) is 1.